The van der Waals surface area contributed by atoms with Gasteiger partial charge < -0.3 is 10.6 Å². The van der Waals surface area contributed by atoms with Gasteiger partial charge in [0.15, 0.2) is 0 Å². The SMILES string of the molecule is CNc1c(F)cccc1C(=O)Nc1cc(F)ccc1Cl. The van der Waals surface area contributed by atoms with Crippen molar-refractivity contribution in [2.75, 3.05) is 17.7 Å². The smallest absolute Gasteiger partial charge is 0.257 e. The van der Waals surface area contributed by atoms with Gasteiger partial charge in [-0.05, 0) is 30.3 Å². The van der Waals surface area contributed by atoms with Gasteiger partial charge in [-0.1, -0.05) is 17.7 Å². The summed E-state index contributed by atoms with van der Waals surface area (Å²) in [6.07, 6.45) is 0. The molecule has 0 aliphatic carbocycles. The Morgan fingerprint density at radius 3 is 2.65 bits per heavy atom. The minimum absolute atomic E-state index is 0.0672. The standard InChI is InChI=1S/C14H11ClF2N2O/c1-18-13-9(3-2-4-11(13)17)14(20)19-12-7-8(16)5-6-10(12)15/h2-7,18H,1H3,(H,19,20). The molecule has 104 valence electrons. The molecule has 0 saturated heterocycles. The van der Waals surface area contributed by atoms with E-state index >= 15 is 0 Å². The van der Waals surface area contributed by atoms with Gasteiger partial charge in [0.05, 0.1) is 22.0 Å². The molecule has 2 rings (SSSR count). The van der Waals surface area contributed by atoms with Crippen LogP contribution in [0, 0.1) is 11.6 Å². The molecule has 1 amide bonds. The minimum Gasteiger partial charge on any atom is -0.385 e. The fourth-order valence-corrected chi connectivity index (χ4v) is 1.92. The number of para-hydroxylation sites is 1. The van der Waals surface area contributed by atoms with Gasteiger partial charge in [-0.15, -0.1) is 0 Å². The Hall–Kier alpha value is -2.14. The summed E-state index contributed by atoms with van der Waals surface area (Å²) in [6.45, 7) is 0. The Morgan fingerprint density at radius 1 is 1.20 bits per heavy atom. The first-order valence-corrected chi connectivity index (χ1v) is 6.13. The van der Waals surface area contributed by atoms with E-state index in [1.807, 2.05) is 0 Å². The molecule has 2 aromatic carbocycles. The molecule has 0 unspecified atom stereocenters. The molecule has 0 spiro atoms. The van der Waals surface area contributed by atoms with Crippen LogP contribution in [0.25, 0.3) is 0 Å². The molecule has 6 heteroatoms. The van der Waals surface area contributed by atoms with Crippen LogP contribution in [-0.2, 0) is 0 Å². The highest BCUT2D eigenvalue weighted by molar-refractivity contribution is 6.34. The molecule has 0 heterocycles. The number of nitrogens with one attached hydrogen (secondary N) is 2. The quantitative estimate of drug-likeness (QED) is 0.901. The van der Waals surface area contributed by atoms with Crippen LogP contribution < -0.4 is 10.6 Å². The van der Waals surface area contributed by atoms with Crippen molar-refractivity contribution in [3.63, 3.8) is 0 Å². The van der Waals surface area contributed by atoms with E-state index in [1.54, 1.807) is 0 Å². The summed E-state index contributed by atoms with van der Waals surface area (Å²) in [5.74, 6) is -1.66. The van der Waals surface area contributed by atoms with E-state index < -0.39 is 17.5 Å². The van der Waals surface area contributed by atoms with Gasteiger partial charge in [0.25, 0.3) is 5.91 Å². The zero-order valence-corrected chi connectivity index (χ0v) is 11.3. The number of carbonyl (C=O) groups is 1. The lowest BCUT2D eigenvalue weighted by molar-refractivity contribution is 0.102. The molecule has 0 saturated carbocycles. The molecule has 20 heavy (non-hydrogen) atoms. The third-order valence-electron chi connectivity index (χ3n) is 2.68. The Morgan fingerprint density at radius 2 is 1.95 bits per heavy atom. The number of halogens is 3. The van der Waals surface area contributed by atoms with Crippen LogP contribution in [0.15, 0.2) is 36.4 Å². The lowest BCUT2D eigenvalue weighted by atomic mass is 10.1. The van der Waals surface area contributed by atoms with Crippen LogP contribution in [-0.4, -0.2) is 13.0 Å². The molecular weight excluding hydrogens is 286 g/mol. The maximum Gasteiger partial charge on any atom is 0.257 e. The number of carbonyl (C=O) groups excluding carboxylic acids is 1. The Bertz CT molecular complexity index is 662. The molecule has 2 aromatic rings. The highest BCUT2D eigenvalue weighted by Crippen LogP contribution is 2.25. The molecule has 3 nitrogen and oxygen atoms in total. The van der Waals surface area contributed by atoms with Gasteiger partial charge in [-0.3, -0.25) is 4.79 Å². The predicted octanol–water partition coefficient (Wildman–Crippen LogP) is 3.91. The van der Waals surface area contributed by atoms with Crippen molar-refractivity contribution in [1.82, 2.24) is 0 Å². The second kappa shape index (κ2) is 5.88. The van der Waals surface area contributed by atoms with Crippen LogP contribution in [0.1, 0.15) is 10.4 Å². The first kappa shape index (κ1) is 14.3. The monoisotopic (exact) mass is 296 g/mol. The van der Waals surface area contributed by atoms with E-state index in [0.29, 0.717) is 0 Å². The maximum absolute atomic E-state index is 13.6. The van der Waals surface area contributed by atoms with Gasteiger partial charge in [-0.25, -0.2) is 8.78 Å². The number of rotatable bonds is 3. The number of anilines is 2. The Kier molecular flexibility index (Phi) is 4.20. The van der Waals surface area contributed by atoms with Crippen LogP contribution in [0.2, 0.25) is 5.02 Å². The van der Waals surface area contributed by atoms with Crippen molar-refractivity contribution >= 4 is 28.9 Å². The number of hydrogen-bond acceptors (Lipinski definition) is 2. The van der Waals surface area contributed by atoms with E-state index in [-0.39, 0.29) is 22.0 Å². The summed E-state index contributed by atoms with van der Waals surface area (Å²) in [7, 11) is 1.50. The van der Waals surface area contributed by atoms with Gasteiger partial charge in [0.1, 0.15) is 11.6 Å². The van der Waals surface area contributed by atoms with E-state index in [0.717, 1.165) is 6.07 Å². The third kappa shape index (κ3) is 2.88. The van der Waals surface area contributed by atoms with Crippen molar-refractivity contribution in [1.29, 1.82) is 0 Å². The van der Waals surface area contributed by atoms with Crippen LogP contribution in [0.4, 0.5) is 20.2 Å². The van der Waals surface area contributed by atoms with Gasteiger partial charge in [0, 0.05) is 7.05 Å². The van der Waals surface area contributed by atoms with E-state index in [2.05, 4.69) is 10.6 Å². The fraction of sp³-hybridized carbons (Fsp3) is 0.0714. The summed E-state index contributed by atoms with van der Waals surface area (Å²) >= 11 is 5.86. The van der Waals surface area contributed by atoms with Crippen molar-refractivity contribution in [2.45, 2.75) is 0 Å². The zero-order valence-electron chi connectivity index (χ0n) is 10.5. The summed E-state index contributed by atoms with van der Waals surface area (Å²) in [5.41, 5.74) is 0.299. The summed E-state index contributed by atoms with van der Waals surface area (Å²) in [6, 6.07) is 7.71. The normalized spacial score (nSPS) is 10.2. The van der Waals surface area contributed by atoms with Crippen molar-refractivity contribution in [2.24, 2.45) is 0 Å². The molecular formula is C14H11ClF2N2O. The lowest BCUT2D eigenvalue weighted by Crippen LogP contribution is -2.15. The summed E-state index contributed by atoms with van der Waals surface area (Å²) in [4.78, 5) is 12.1. The second-order valence-electron chi connectivity index (χ2n) is 3.99. The second-order valence-corrected chi connectivity index (χ2v) is 4.40. The fourth-order valence-electron chi connectivity index (χ4n) is 1.75. The average molecular weight is 297 g/mol. The molecule has 0 aliphatic rings. The van der Waals surface area contributed by atoms with Crippen LogP contribution in [0.3, 0.4) is 0 Å². The number of hydrogen-bond donors (Lipinski definition) is 2. The largest absolute Gasteiger partial charge is 0.385 e. The highest BCUT2D eigenvalue weighted by Gasteiger charge is 2.15. The molecule has 0 radical (unpaired) electrons. The Balaban J connectivity index is 2.33. The molecule has 0 aromatic heterocycles. The predicted molar refractivity (Wildman–Crippen MR) is 75.3 cm³/mol. The number of amides is 1. The van der Waals surface area contributed by atoms with Crippen molar-refractivity contribution in [3.8, 4) is 0 Å². The van der Waals surface area contributed by atoms with E-state index in [4.69, 9.17) is 11.6 Å². The summed E-state index contributed by atoms with van der Waals surface area (Å²) in [5, 5.41) is 5.26. The van der Waals surface area contributed by atoms with Crippen LogP contribution >= 0.6 is 11.6 Å². The Labute approximate surface area is 119 Å². The first-order valence-electron chi connectivity index (χ1n) is 5.75. The molecule has 0 aliphatic heterocycles. The molecule has 0 atom stereocenters. The van der Waals surface area contributed by atoms with Crippen LogP contribution in [0.5, 0.6) is 0 Å². The molecule has 0 fully saturated rings. The highest BCUT2D eigenvalue weighted by atomic mass is 35.5. The number of benzene rings is 2. The van der Waals surface area contributed by atoms with Gasteiger partial charge >= 0.3 is 0 Å². The maximum atomic E-state index is 13.6. The molecule has 0 bridgehead atoms. The zero-order chi connectivity index (χ0) is 14.7. The lowest BCUT2D eigenvalue weighted by Gasteiger charge is -2.11. The van der Waals surface area contributed by atoms with Gasteiger partial charge in [-0.2, -0.15) is 0 Å². The molecule has 2 N–H and O–H groups in total. The minimum atomic E-state index is -0.582. The topological polar surface area (TPSA) is 41.1 Å². The summed E-state index contributed by atoms with van der Waals surface area (Å²) < 4.78 is 26.7. The average Bonchev–Trinajstić information content (AvgIpc) is 2.42. The van der Waals surface area contributed by atoms with E-state index in [1.165, 1.54) is 37.4 Å². The van der Waals surface area contributed by atoms with Gasteiger partial charge in [0.2, 0.25) is 0 Å². The third-order valence-corrected chi connectivity index (χ3v) is 3.01. The van der Waals surface area contributed by atoms with E-state index in [9.17, 15) is 13.6 Å². The van der Waals surface area contributed by atoms with Crippen molar-refractivity contribution < 1.29 is 13.6 Å². The van der Waals surface area contributed by atoms with Crippen molar-refractivity contribution in [3.05, 3.63) is 58.6 Å². The first-order chi connectivity index (χ1) is 9.52.